The fourth-order valence-electron chi connectivity index (χ4n) is 2.48. The van der Waals surface area contributed by atoms with Crippen LogP contribution in [0.3, 0.4) is 0 Å². The first kappa shape index (κ1) is 18.7. The van der Waals surface area contributed by atoms with Crippen LogP contribution in [-0.4, -0.2) is 19.5 Å². The second-order valence-corrected chi connectivity index (χ2v) is 7.91. The predicted molar refractivity (Wildman–Crippen MR) is 102 cm³/mol. The molecule has 0 unspecified atom stereocenters. The zero-order valence-corrected chi connectivity index (χ0v) is 15.9. The normalized spacial score (nSPS) is 11.2. The summed E-state index contributed by atoms with van der Waals surface area (Å²) in [6.45, 7) is 5.47. The van der Waals surface area contributed by atoms with Crippen LogP contribution in [0.15, 0.2) is 57.9 Å². The first-order valence-electron chi connectivity index (χ1n) is 8.19. The summed E-state index contributed by atoms with van der Waals surface area (Å²) in [5.41, 5.74) is 2.85. The molecule has 0 saturated heterocycles. The van der Waals surface area contributed by atoms with E-state index in [1.165, 1.54) is 24.3 Å². The average Bonchev–Trinajstić information content (AvgIpc) is 3.02. The number of rotatable bonds is 5. The second-order valence-electron chi connectivity index (χ2n) is 6.23. The molecule has 1 aromatic heterocycles. The Morgan fingerprint density at radius 1 is 1.04 bits per heavy atom. The van der Waals surface area contributed by atoms with Gasteiger partial charge in [0.05, 0.1) is 4.90 Å². The number of aryl methyl sites for hydroxylation is 3. The molecule has 0 spiro atoms. The summed E-state index contributed by atoms with van der Waals surface area (Å²) in [6.07, 6.45) is 0. The van der Waals surface area contributed by atoms with Crippen molar-refractivity contribution in [2.75, 3.05) is 10.0 Å². The van der Waals surface area contributed by atoms with E-state index >= 15 is 0 Å². The van der Waals surface area contributed by atoms with Crippen molar-refractivity contribution in [1.29, 1.82) is 0 Å². The smallest absolute Gasteiger partial charge is 0.263 e. The number of carbonyl (C=O) groups is 1. The molecule has 3 aromatic rings. The first-order chi connectivity index (χ1) is 12.7. The van der Waals surface area contributed by atoms with E-state index in [9.17, 15) is 13.2 Å². The van der Waals surface area contributed by atoms with Gasteiger partial charge in [-0.1, -0.05) is 23.4 Å². The fourth-order valence-corrected chi connectivity index (χ4v) is 3.51. The van der Waals surface area contributed by atoms with Crippen molar-refractivity contribution in [3.05, 3.63) is 71.0 Å². The number of amides is 1. The zero-order valence-electron chi connectivity index (χ0n) is 15.1. The summed E-state index contributed by atoms with van der Waals surface area (Å²) in [7, 11) is -3.90. The largest absolute Gasteiger partial charge is 0.360 e. The van der Waals surface area contributed by atoms with Gasteiger partial charge in [-0.25, -0.2) is 8.42 Å². The van der Waals surface area contributed by atoms with Gasteiger partial charge in [-0.3, -0.25) is 9.52 Å². The molecule has 140 valence electrons. The van der Waals surface area contributed by atoms with Crippen molar-refractivity contribution < 1.29 is 17.7 Å². The molecule has 27 heavy (non-hydrogen) atoms. The van der Waals surface area contributed by atoms with E-state index in [1.54, 1.807) is 13.0 Å². The summed E-state index contributed by atoms with van der Waals surface area (Å²) < 4.78 is 32.2. The van der Waals surface area contributed by atoms with Crippen LogP contribution < -0.4 is 10.0 Å². The Hall–Kier alpha value is -3.13. The predicted octanol–water partition coefficient (Wildman–Crippen LogP) is 3.65. The summed E-state index contributed by atoms with van der Waals surface area (Å²) in [6, 6.07) is 13.0. The summed E-state index contributed by atoms with van der Waals surface area (Å²) in [5, 5.41) is 6.43. The molecule has 2 aromatic carbocycles. The molecule has 7 nitrogen and oxygen atoms in total. The Labute approximate surface area is 157 Å². The number of nitrogens with one attached hydrogen (secondary N) is 2. The van der Waals surface area contributed by atoms with Gasteiger partial charge in [0, 0.05) is 17.3 Å². The van der Waals surface area contributed by atoms with Gasteiger partial charge in [-0.2, -0.15) is 0 Å². The molecule has 0 fully saturated rings. The summed E-state index contributed by atoms with van der Waals surface area (Å²) in [5.74, 6) is 0.171. The Balaban J connectivity index is 1.84. The first-order valence-corrected chi connectivity index (χ1v) is 9.68. The minimum atomic E-state index is -3.90. The molecule has 1 amide bonds. The number of hydrogen-bond acceptors (Lipinski definition) is 5. The highest BCUT2D eigenvalue weighted by Gasteiger charge is 2.18. The van der Waals surface area contributed by atoms with Crippen LogP contribution in [-0.2, 0) is 10.0 Å². The van der Waals surface area contributed by atoms with E-state index < -0.39 is 15.9 Å². The molecule has 0 saturated carbocycles. The van der Waals surface area contributed by atoms with E-state index in [-0.39, 0.29) is 16.3 Å². The summed E-state index contributed by atoms with van der Waals surface area (Å²) in [4.78, 5) is 12.5. The lowest BCUT2D eigenvalue weighted by molar-refractivity contribution is 0.102. The monoisotopic (exact) mass is 385 g/mol. The maximum atomic E-state index is 12.6. The molecular weight excluding hydrogens is 366 g/mol. The van der Waals surface area contributed by atoms with E-state index in [0.29, 0.717) is 11.4 Å². The lowest BCUT2D eigenvalue weighted by atomic mass is 10.1. The van der Waals surface area contributed by atoms with E-state index in [4.69, 9.17) is 4.52 Å². The third-order valence-electron chi connectivity index (χ3n) is 3.91. The molecule has 1 heterocycles. The molecule has 0 aliphatic carbocycles. The number of carbonyl (C=O) groups excluding carboxylic acids is 1. The van der Waals surface area contributed by atoms with E-state index in [2.05, 4.69) is 15.2 Å². The molecule has 3 rings (SSSR count). The number of nitrogens with zero attached hydrogens (tertiary/aromatic N) is 1. The highest BCUT2D eigenvalue weighted by Crippen LogP contribution is 2.20. The topological polar surface area (TPSA) is 101 Å². The van der Waals surface area contributed by atoms with Crippen LogP contribution in [0.5, 0.6) is 0 Å². The van der Waals surface area contributed by atoms with Gasteiger partial charge in [0.2, 0.25) is 0 Å². The second kappa shape index (κ2) is 7.24. The third kappa shape index (κ3) is 4.35. The van der Waals surface area contributed by atoms with Gasteiger partial charge in [0.25, 0.3) is 15.9 Å². The maximum Gasteiger partial charge on any atom is 0.263 e. The zero-order chi connectivity index (χ0) is 19.6. The van der Waals surface area contributed by atoms with Crippen molar-refractivity contribution in [1.82, 2.24) is 5.16 Å². The van der Waals surface area contributed by atoms with Gasteiger partial charge in [-0.05, 0) is 56.2 Å². The van der Waals surface area contributed by atoms with Gasteiger partial charge in [-0.15, -0.1) is 0 Å². The maximum absolute atomic E-state index is 12.6. The standard InChI is InChI=1S/C19H19N3O4S/c1-12-7-8-13(2)17(9-12)20-19(23)15-5-4-6-16(11-15)27(24,25)22-18-10-14(3)26-21-18/h4-11H,1-3H3,(H,20,23)(H,21,22). The number of benzene rings is 2. The minimum absolute atomic E-state index is 0.0447. The number of anilines is 2. The lowest BCUT2D eigenvalue weighted by Crippen LogP contribution is -2.16. The van der Waals surface area contributed by atoms with Crippen LogP contribution in [0.1, 0.15) is 27.2 Å². The van der Waals surface area contributed by atoms with Crippen molar-refractivity contribution in [3.63, 3.8) is 0 Å². The summed E-state index contributed by atoms with van der Waals surface area (Å²) >= 11 is 0. The highest BCUT2D eigenvalue weighted by atomic mass is 32.2. The van der Waals surface area contributed by atoms with Crippen molar-refractivity contribution in [3.8, 4) is 0 Å². The van der Waals surface area contributed by atoms with Gasteiger partial charge in [0.1, 0.15) is 5.76 Å². The quantitative estimate of drug-likeness (QED) is 0.698. The molecule has 2 N–H and O–H groups in total. The number of sulfonamides is 1. The van der Waals surface area contributed by atoms with Crippen molar-refractivity contribution in [2.24, 2.45) is 0 Å². The van der Waals surface area contributed by atoms with Gasteiger partial charge >= 0.3 is 0 Å². The minimum Gasteiger partial charge on any atom is -0.360 e. The molecule has 0 aliphatic heterocycles. The Morgan fingerprint density at radius 3 is 2.52 bits per heavy atom. The SMILES string of the molecule is Cc1ccc(C)c(NC(=O)c2cccc(S(=O)(=O)Nc3cc(C)on3)c2)c1. The Bertz CT molecular complexity index is 1100. The highest BCUT2D eigenvalue weighted by molar-refractivity contribution is 7.92. The van der Waals surface area contributed by atoms with Crippen LogP contribution in [0.25, 0.3) is 0 Å². The van der Waals surface area contributed by atoms with Gasteiger partial charge < -0.3 is 9.84 Å². The third-order valence-corrected chi connectivity index (χ3v) is 5.27. The lowest BCUT2D eigenvalue weighted by Gasteiger charge is -2.10. The number of hydrogen-bond donors (Lipinski definition) is 2. The average molecular weight is 385 g/mol. The van der Waals surface area contributed by atoms with Gasteiger partial charge in [0.15, 0.2) is 5.82 Å². The van der Waals surface area contributed by atoms with Crippen LogP contribution in [0, 0.1) is 20.8 Å². The molecule has 0 radical (unpaired) electrons. The van der Waals surface area contributed by atoms with Crippen molar-refractivity contribution in [2.45, 2.75) is 25.7 Å². The van der Waals surface area contributed by atoms with Crippen molar-refractivity contribution >= 4 is 27.4 Å². The van der Waals surface area contributed by atoms with Crippen LogP contribution in [0.4, 0.5) is 11.5 Å². The number of aromatic nitrogens is 1. The fraction of sp³-hybridized carbons (Fsp3) is 0.158. The molecule has 0 atom stereocenters. The molecular formula is C19H19N3O4S. The van der Waals surface area contributed by atoms with Crippen LogP contribution in [0.2, 0.25) is 0 Å². The Kier molecular flexibility index (Phi) is 5.00. The van der Waals surface area contributed by atoms with Crippen LogP contribution >= 0.6 is 0 Å². The molecule has 8 heteroatoms. The molecule has 0 aliphatic rings. The van der Waals surface area contributed by atoms with E-state index in [0.717, 1.165) is 11.1 Å². The Morgan fingerprint density at radius 2 is 1.81 bits per heavy atom. The van der Waals surface area contributed by atoms with E-state index in [1.807, 2.05) is 32.0 Å². The molecule has 0 bridgehead atoms.